The zero-order valence-corrected chi connectivity index (χ0v) is 20.5. The van der Waals surface area contributed by atoms with Crippen LogP contribution in [-0.4, -0.2) is 65.1 Å². The summed E-state index contributed by atoms with van der Waals surface area (Å²) < 4.78 is 6.13. The molecule has 2 saturated heterocycles. The fourth-order valence-electron chi connectivity index (χ4n) is 6.07. The van der Waals surface area contributed by atoms with Crippen molar-refractivity contribution >= 4 is 11.8 Å². The van der Waals surface area contributed by atoms with E-state index < -0.39 is 11.4 Å². The molecule has 34 heavy (non-hydrogen) atoms. The summed E-state index contributed by atoms with van der Waals surface area (Å²) in [7, 11) is 0. The van der Waals surface area contributed by atoms with E-state index >= 15 is 0 Å². The van der Waals surface area contributed by atoms with Crippen molar-refractivity contribution < 1.29 is 19.5 Å². The first-order valence-electron chi connectivity index (χ1n) is 13.1. The third-order valence-corrected chi connectivity index (χ3v) is 8.54. The predicted molar refractivity (Wildman–Crippen MR) is 129 cm³/mol. The van der Waals surface area contributed by atoms with Crippen LogP contribution in [0.25, 0.3) is 0 Å². The Kier molecular flexibility index (Phi) is 5.32. The van der Waals surface area contributed by atoms with E-state index in [1.54, 1.807) is 5.56 Å². The number of rotatable bonds is 7. The number of benzene rings is 1. The number of carboxylic acid groups (broad SMARTS) is 1. The number of nitrogens with zero attached hydrogens (tertiary/aromatic N) is 3. The summed E-state index contributed by atoms with van der Waals surface area (Å²) in [5.41, 5.74) is 3.59. The van der Waals surface area contributed by atoms with E-state index in [1.165, 1.54) is 36.8 Å². The molecule has 1 spiro atoms. The van der Waals surface area contributed by atoms with E-state index in [0.29, 0.717) is 18.8 Å². The second-order valence-electron chi connectivity index (χ2n) is 11.5. The molecular formula is C27H37N3O4. The molecule has 0 aromatic heterocycles. The SMILES string of the molecule is CCOc1cc(CN2CC3(CC(N4CCC(C)(C(=O)O)CC4)=NO3)C2)cc(C2CC2)c1C1CC1. The standard InChI is InChI=1S/C27H37N3O4/c1-3-33-22-13-18(12-21(19-4-5-19)24(22)20-6-7-20)15-29-16-27(17-29)14-23(28-34-27)30-10-8-26(2,9-11-30)25(31)32/h12-13,19-20H,3-11,14-17H2,1-2H3,(H,31,32). The van der Waals surface area contributed by atoms with Crippen molar-refractivity contribution in [3.05, 3.63) is 28.8 Å². The number of piperidine rings is 1. The van der Waals surface area contributed by atoms with Gasteiger partial charge < -0.3 is 19.6 Å². The van der Waals surface area contributed by atoms with Gasteiger partial charge in [-0.2, -0.15) is 0 Å². The highest BCUT2D eigenvalue weighted by Crippen LogP contribution is 2.53. The molecule has 1 aromatic carbocycles. The Bertz CT molecular complexity index is 999. The van der Waals surface area contributed by atoms with Gasteiger partial charge in [0.05, 0.1) is 18.4 Å². The molecule has 1 aromatic rings. The van der Waals surface area contributed by atoms with Crippen LogP contribution in [0.4, 0.5) is 0 Å². The maximum Gasteiger partial charge on any atom is 0.309 e. The van der Waals surface area contributed by atoms with Crippen molar-refractivity contribution in [2.75, 3.05) is 32.8 Å². The zero-order chi connectivity index (χ0) is 23.5. The third-order valence-electron chi connectivity index (χ3n) is 8.54. The lowest BCUT2D eigenvalue weighted by Crippen LogP contribution is -2.61. The molecule has 0 unspecified atom stereocenters. The third kappa shape index (κ3) is 4.06. The highest BCUT2D eigenvalue weighted by Gasteiger charge is 2.51. The lowest BCUT2D eigenvalue weighted by atomic mass is 9.80. The molecule has 2 saturated carbocycles. The second kappa shape index (κ2) is 8.14. The van der Waals surface area contributed by atoms with E-state index in [4.69, 9.17) is 9.57 Å². The van der Waals surface area contributed by atoms with Crippen LogP contribution in [0, 0.1) is 5.41 Å². The molecule has 6 rings (SSSR count). The average Bonchev–Trinajstić information content (AvgIpc) is 3.71. The van der Waals surface area contributed by atoms with Gasteiger partial charge in [-0.3, -0.25) is 9.69 Å². The summed E-state index contributed by atoms with van der Waals surface area (Å²) in [6.45, 7) is 8.82. The molecule has 184 valence electrons. The first-order valence-corrected chi connectivity index (χ1v) is 13.1. The van der Waals surface area contributed by atoms with Gasteiger partial charge in [0, 0.05) is 38.3 Å². The number of hydrogen-bond acceptors (Lipinski definition) is 6. The molecule has 7 nitrogen and oxygen atoms in total. The number of amidine groups is 1. The Morgan fingerprint density at radius 2 is 1.88 bits per heavy atom. The minimum atomic E-state index is -0.689. The first kappa shape index (κ1) is 22.2. The Balaban J connectivity index is 1.07. The molecule has 0 bridgehead atoms. The number of ether oxygens (including phenoxy) is 1. The number of carboxylic acids is 1. The Hall–Kier alpha value is -2.28. The van der Waals surface area contributed by atoms with Crippen molar-refractivity contribution in [2.45, 2.75) is 82.8 Å². The van der Waals surface area contributed by atoms with Crippen molar-refractivity contribution in [1.29, 1.82) is 0 Å². The molecule has 4 fully saturated rings. The van der Waals surface area contributed by atoms with E-state index in [-0.39, 0.29) is 5.60 Å². The number of oxime groups is 1. The quantitative estimate of drug-likeness (QED) is 0.644. The fraction of sp³-hybridized carbons (Fsp3) is 0.704. The maximum atomic E-state index is 11.5. The van der Waals surface area contributed by atoms with E-state index in [1.807, 2.05) is 6.92 Å². The van der Waals surface area contributed by atoms with Crippen LogP contribution in [0.2, 0.25) is 0 Å². The molecule has 0 amide bonds. The van der Waals surface area contributed by atoms with Gasteiger partial charge >= 0.3 is 5.97 Å². The number of carbonyl (C=O) groups is 1. The van der Waals surface area contributed by atoms with Crippen LogP contribution < -0.4 is 4.74 Å². The van der Waals surface area contributed by atoms with Gasteiger partial charge in [-0.1, -0.05) is 11.2 Å². The molecule has 5 aliphatic rings. The van der Waals surface area contributed by atoms with Gasteiger partial charge in [-0.25, -0.2) is 0 Å². The van der Waals surface area contributed by atoms with Gasteiger partial charge in [0.2, 0.25) is 0 Å². The largest absolute Gasteiger partial charge is 0.494 e. The number of hydrogen-bond donors (Lipinski definition) is 1. The topological polar surface area (TPSA) is 74.6 Å². The maximum absolute atomic E-state index is 11.5. The summed E-state index contributed by atoms with van der Waals surface area (Å²) >= 11 is 0. The summed E-state index contributed by atoms with van der Waals surface area (Å²) in [6, 6.07) is 4.75. The van der Waals surface area contributed by atoms with Crippen LogP contribution in [0.3, 0.4) is 0 Å². The normalized spacial score (nSPS) is 25.6. The minimum absolute atomic E-state index is 0.209. The van der Waals surface area contributed by atoms with E-state index in [2.05, 4.69) is 34.0 Å². The average molecular weight is 468 g/mol. The van der Waals surface area contributed by atoms with Crippen LogP contribution in [0.15, 0.2) is 17.3 Å². The number of aliphatic carboxylic acids is 1. The van der Waals surface area contributed by atoms with Gasteiger partial charge in [-0.15, -0.1) is 0 Å². The van der Waals surface area contributed by atoms with Crippen molar-refractivity contribution in [3.8, 4) is 5.75 Å². The minimum Gasteiger partial charge on any atom is -0.494 e. The molecule has 0 atom stereocenters. The molecule has 7 heteroatoms. The molecular weight excluding hydrogens is 430 g/mol. The van der Waals surface area contributed by atoms with Gasteiger partial charge in [-0.05, 0) is 81.4 Å². The van der Waals surface area contributed by atoms with Crippen LogP contribution in [0.1, 0.15) is 87.3 Å². The lowest BCUT2D eigenvalue weighted by Gasteiger charge is -2.46. The van der Waals surface area contributed by atoms with E-state index in [9.17, 15) is 9.90 Å². The molecule has 1 N–H and O–H groups in total. The summed E-state index contributed by atoms with van der Waals surface area (Å²) in [6.07, 6.45) is 7.38. The van der Waals surface area contributed by atoms with Crippen LogP contribution in [-0.2, 0) is 16.2 Å². The Morgan fingerprint density at radius 3 is 2.50 bits per heavy atom. The highest BCUT2D eigenvalue weighted by molar-refractivity contribution is 5.85. The van der Waals surface area contributed by atoms with E-state index in [0.717, 1.165) is 63.3 Å². The van der Waals surface area contributed by atoms with Crippen molar-refractivity contribution in [3.63, 3.8) is 0 Å². The number of likely N-dealkylation sites (tertiary alicyclic amines) is 2. The second-order valence-corrected chi connectivity index (χ2v) is 11.5. The van der Waals surface area contributed by atoms with Gasteiger partial charge in [0.1, 0.15) is 11.6 Å². The monoisotopic (exact) mass is 467 g/mol. The van der Waals surface area contributed by atoms with Crippen LogP contribution in [0.5, 0.6) is 5.75 Å². The molecule has 0 radical (unpaired) electrons. The molecule has 3 heterocycles. The van der Waals surface area contributed by atoms with Crippen LogP contribution >= 0.6 is 0 Å². The first-order chi connectivity index (χ1) is 16.4. The van der Waals surface area contributed by atoms with Gasteiger partial charge in [0.15, 0.2) is 5.60 Å². The van der Waals surface area contributed by atoms with Crippen molar-refractivity contribution in [2.24, 2.45) is 10.6 Å². The van der Waals surface area contributed by atoms with Crippen molar-refractivity contribution in [1.82, 2.24) is 9.80 Å². The van der Waals surface area contributed by atoms with Gasteiger partial charge in [0.25, 0.3) is 0 Å². The molecule has 3 aliphatic heterocycles. The highest BCUT2D eigenvalue weighted by atomic mass is 16.7. The Morgan fingerprint density at radius 1 is 1.18 bits per heavy atom. The molecule has 2 aliphatic carbocycles. The lowest BCUT2D eigenvalue weighted by molar-refractivity contribution is -0.150. The summed E-state index contributed by atoms with van der Waals surface area (Å²) in [5.74, 6) is 2.88. The fourth-order valence-corrected chi connectivity index (χ4v) is 6.07. The summed E-state index contributed by atoms with van der Waals surface area (Å²) in [4.78, 5) is 22.2. The summed E-state index contributed by atoms with van der Waals surface area (Å²) in [5, 5.41) is 13.9. The Labute approximate surface area is 202 Å². The zero-order valence-electron chi connectivity index (χ0n) is 20.5. The smallest absolute Gasteiger partial charge is 0.309 e. The predicted octanol–water partition coefficient (Wildman–Crippen LogP) is 4.32.